The molecular formula is C15H24N2O2. The molecule has 0 aliphatic heterocycles. The van der Waals surface area contributed by atoms with Gasteiger partial charge >= 0.3 is 0 Å². The van der Waals surface area contributed by atoms with E-state index in [1.54, 1.807) is 6.20 Å². The van der Waals surface area contributed by atoms with Crippen LogP contribution < -0.4 is 10.1 Å². The van der Waals surface area contributed by atoms with Crippen LogP contribution in [0.3, 0.4) is 0 Å². The van der Waals surface area contributed by atoms with E-state index in [2.05, 4.69) is 10.3 Å². The van der Waals surface area contributed by atoms with Crippen LogP contribution in [0.4, 0.5) is 5.69 Å². The first kappa shape index (κ1) is 14.1. The van der Waals surface area contributed by atoms with Crippen molar-refractivity contribution in [1.29, 1.82) is 0 Å². The van der Waals surface area contributed by atoms with E-state index in [-0.39, 0.29) is 12.0 Å². The van der Waals surface area contributed by atoms with E-state index in [9.17, 15) is 5.11 Å². The summed E-state index contributed by atoms with van der Waals surface area (Å²) in [5.74, 6) is 0.655. The Morgan fingerprint density at radius 1 is 1.32 bits per heavy atom. The Balaban J connectivity index is 1.89. The van der Waals surface area contributed by atoms with Crippen LogP contribution in [-0.2, 0) is 0 Å². The molecule has 1 heterocycles. The molecule has 1 aliphatic rings. The molecule has 19 heavy (non-hydrogen) atoms. The molecule has 1 aromatic rings. The van der Waals surface area contributed by atoms with Gasteiger partial charge in [-0.05, 0) is 25.8 Å². The smallest absolute Gasteiger partial charge is 0.213 e. The van der Waals surface area contributed by atoms with E-state index in [4.69, 9.17) is 4.74 Å². The highest BCUT2D eigenvalue weighted by Gasteiger charge is 2.31. The minimum Gasteiger partial charge on any atom is -0.478 e. The van der Waals surface area contributed by atoms with Gasteiger partial charge in [0.1, 0.15) is 0 Å². The molecule has 1 fully saturated rings. The highest BCUT2D eigenvalue weighted by Crippen LogP contribution is 2.35. The lowest BCUT2D eigenvalue weighted by molar-refractivity contribution is 0.0944. The fourth-order valence-electron chi connectivity index (χ4n) is 2.70. The van der Waals surface area contributed by atoms with Crippen LogP contribution in [0.5, 0.6) is 5.88 Å². The summed E-state index contributed by atoms with van der Waals surface area (Å²) in [6, 6.07) is 3.85. The van der Waals surface area contributed by atoms with E-state index < -0.39 is 0 Å². The van der Waals surface area contributed by atoms with Crippen LogP contribution in [0, 0.1) is 5.41 Å². The molecule has 0 aromatic carbocycles. The second-order valence-corrected chi connectivity index (χ2v) is 5.39. The minimum absolute atomic E-state index is 0.0524. The van der Waals surface area contributed by atoms with Crippen molar-refractivity contribution >= 4 is 5.69 Å². The van der Waals surface area contributed by atoms with Crippen LogP contribution in [0.1, 0.15) is 39.0 Å². The summed E-state index contributed by atoms with van der Waals surface area (Å²) < 4.78 is 5.32. The Morgan fingerprint density at radius 3 is 2.68 bits per heavy atom. The van der Waals surface area contributed by atoms with Gasteiger partial charge < -0.3 is 15.2 Å². The van der Waals surface area contributed by atoms with Crippen molar-refractivity contribution in [1.82, 2.24) is 4.98 Å². The van der Waals surface area contributed by atoms with Gasteiger partial charge in [0.25, 0.3) is 0 Å². The number of ether oxygens (including phenoxy) is 1. The maximum absolute atomic E-state index is 9.66. The second kappa shape index (κ2) is 6.75. The van der Waals surface area contributed by atoms with Crippen LogP contribution in [0.15, 0.2) is 18.3 Å². The molecular weight excluding hydrogens is 240 g/mol. The molecule has 0 spiro atoms. The number of aliphatic hydroxyl groups excluding tert-OH is 1. The first-order valence-electron chi connectivity index (χ1n) is 7.22. The Labute approximate surface area is 115 Å². The van der Waals surface area contributed by atoms with Gasteiger partial charge in [-0.2, -0.15) is 0 Å². The zero-order valence-corrected chi connectivity index (χ0v) is 11.7. The van der Waals surface area contributed by atoms with E-state index in [0.29, 0.717) is 12.5 Å². The molecule has 0 radical (unpaired) electrons. The summed E-state index contributed by atoms with van der Waals surface area (Å²) in [6.07, 6.45) is 7.76. The van der Waals surface area contributed by atoms with Crippen molar-refractivity contribution in [3.05, 3.63) is 18.3 Å². The molecule has 0 unspecified atom stereocenters. The summed E-state index contributed by atoms with van der Waals surface area (Å²) in [5.41, 5.74) is 1.04. The molecule has 1 aromatic heterocycles. The van der Waals surface area contributed by atoms with Gasteiger partial charge in [0.05, 0.1) is 25.1 Å². The SMILES string of the molecule is CCOc1ccc(NCC2(CO)CCCCC2)cn1. The summed E-state index contributed by atoms with van der Waals surface area (Å²) in [5, 5.41) is 13.1. The summed E-state index contributed by atoms with van der Waals surface area (Å²) in [7, 11) is 0. The van der Waals surface area contributed by atoms with Crippen molar-refractivity contribution in [3.63, 3.8) is 0 Å². The van der Waals surface area contributed by atoms with Gasteiger partial charge in [0, 0.05) is 18.0 Å². The van der Waals surface area contributed by atoms with Crippen LogP contribution >= 0.6 is 0 Å². The number of pyridine rings is 1. The number of anilines is 1. The van der Waals surface area contributed by atoms with Crippen molar-refractivity contribution in [2.45, 2.75) is 39.0 Å². The average molecular weight is 264 g/mol. The van der Waals surface area contributed by atoms with Crippen molar-refractivity contribution in [2.24, 2.45) is 5.41 Å². The van der Waals surface area contributed by atoms with Crippen molar-refractivity contribution < 1.29 is 9.84 Å². The number of nitrogens with one attached hydrogen (secondary N) is 1. The number of aliphatic hydroxyl groups is 1. The Hall–Kier alpha value is -1.29. The van der Waals surface area contributed by atoms with Gasteiger partial charge in [-0.15, -0.1) is 0 Å². The molecule has 2 N–H and O–H groups in total. The molecule has 0 amide bonds. The highest BCUT2D eigenvalue weighted by molar-refractivity contribution is 5.42. The Morgan fingerprint density at radius 2 is 2.11 bits per heavy atom. The average Bonchev–Trinajstić information content (AvgIpc) is 2.48. The molecule has 4 nitrogen and oxygen atoms in total. The van der Waals surface area contributed by atoms with Crippen LogP contribution in [-0.4, -0.2) is 29.8 Å². The maximum Gasteiger partial charge on any atom is 0.213 e. The number of nitrogens with zero attached hydrogens (tertiary/aromatic N) is 1. The highest BCUT2D eigenvalue weighted by atomic mass is 16.5. The predicted molar refractivity (Wildman–Crippen MR) is 76.5 cm³/mol. The van der Waals surface area contributed by atoms with Gasteiger partial charge in [-0.3, -0.25) is 0 Å². The first-order valence-corrected chi connectivity index (χ1v) is 7.22. The van der Waals surface area contributed by atoms with Crippen LogP contribution in [0.25, 0.3) is 0 Å². The fraction of sp³-hybridized carbons (Fsp3) is 0.667. The van der Waals surface area contributed by atoms with Crippen molar-refractivity contribution in [3.8, 4) is 5.88 Å². The Kier molecular flexibility index (Phi) is 5.02. The first-order chi connectivity index (χ1) is 9.28. The third kappa shape index (κ3) is 3.83. The van der Waals surface area contributed by atoms with Crippen LogP contribution in [0.2, 0.25) is 0 Å². The third-order valence-corrected chi connectivity index (χ3v) is 3.95. The quantitative estimate of drug-likeness (QED) is 0.829. The molecule has 0 saturated heterocycles. The predicted octanol–water partition coefficient (Wildman–Crippen LogP) is 2.84. The van der Waals surface area contributed by atoms with Gasteiger partial charge in [-0.1, -0.05) is 19.3 Å². The maximum atomic E-state index is 9.66. The lowest BCUT2D eigenvalue weighted by Gasteiger charge is -2.36. The largest absolute Gasteiger partial charge is 0.478 e. The zero-order valence-electron chi connectivity index (χ0n) is 11.7. The zero-order chi connectivity index (χ0) is 13.6. The number of hydrogen-bond acceptors (Lipinski definition) is 4. The molecule has 0 bridgehead atoms. The summed E-state index contributed by atoms with van der Waals surface area (Å²) in [6.45, 7) is 3.67. The van der Waals surface area contributed by atoms with Gasteiger partial charge in [0.15, 0.2) is 0 Å². The van der Waals surface area contributed by atoms with Gasteiger partial charge in [-0.25, -0.2) is 4.98 Å². The topological polar surface area (TPSA) is 54.4 Å². The van der Waals surface area contributed by atoms with E-state index in [1.165, 1.54) is 19.3 Å². The van der Waals surface area contributed by atoms with E-state index in [1.807, 2.05) is 19.1 Å². The molecule has 0 atom stereocenters. The van der Waals surface area contributed by atoms with E-state index in [0.717, 1.165) is 25.1 Å². The minimum atomic E-state index is 0.0524. The standard InChI is InChI=1S/C15H24N2O2/c1-2-19-14-7-6-13(10-16-14)17-11-15(12-18)8-4-3-5-9-15/h6-7,10,17-18H,2-5,8-9,11-12H2,1H3. The molecule has 2 rings (SSSR count). The number of rotatable bonds is 6. The fourth-order valence-corrected chi connectivity index (χ4v) is 2.70. The normalized spacial score (nSPS) is 18.0. The molecule has 1 saturated carbocycles. The van der Waals surface area contributed by atoms with Gasteiger partial charge in [0.2, 0.25) is 5.88 Å². The lowest BCUT2D eigenvalue weighted by Crippen LogP contribution is -2.35. The third-order valence-electron chi connectivity index (χ3n) is 3.95. The number of aromatic nitrogens is 1. The molecule has 1 aliphatic carbocycles. The Bertz CT molecular complexity index is 372. The summed E-state index contributed by atoms with van der Waals surface area (Å²) >= 11 is 0. The second-order valence-electron chi connectivity index (χ2n) is 5.39. The number of hydrogen-bond donors (Lipinski definition) is 2. The lowest BCUT2D eigenvalue weighted by atomic mass is 9.74. The summed E-state index contributed by atoms with van der Waals surface area (Å²) in [4.78, 5) is 4.23. The van der Waals surface area contributed by atoms with Crippen molar-refractivity contribution in [2.75, 3.05) is 25.1 Å². The molecule has 4 heteroatoms. The van der Waals surface area contributed by atoms with E-state index >= 15 is 0 Å². The monoisotopic (exact) mass is 264 g/mol. The molecule has 106 valence electrons.